The number of nitrogens with zero attached hydrogens (tertiary/aromatic N) is 1. The predicted molar refractivity (Wildman–Crippen MR) is 115 cm³/mol. The summed E-state index contributed by atoms with van der Waals surface area (Å²) in [6.07, 6.45) is 1.20. The average molecular weight is 404 g/mol. The molecular weight excluding hydrogens is 380 g/mol. The molecule has 5 heterocycles. The van der Waals surface area contributed by atoms with Crippen LogP contribution in [0.15, 0.2) is 69.2 Å². The second kappa shape index (κ2) is 6.71. The van der Waals surface area contributed by atoms with Crippen LogP contribution in [0.25, 0.3) is 21.4 Å². The smallest absolute Gasteiger partial charge is 0.259 e. The Balaban J connectivity index is 1.28. The summed E-state index contributed by atoms with van der Waals surface area (Å²) < 4.78 is 8.13. The average Bonchev–Trinajstić information content (AvgIpc) is 3.38. The number of nitrogens with one attached hydrogen (secondary N) is 1. The van der Waals surface area contributed by atoms with Crippen molar-refractivity contribution in [2.24, 2.45) is 5.92 Å². The van der Waals surface area contributed by atoms with Crippen LogP contribution >= 0.6 is 11.3 Å². The van der Waals surface area contributed by atoms with Crippen molar-refractivity contribution in [1.82, 2.24) is 4.57 Å². The Bertz CT molecular complexity index is 1200. The third kappa shape index (κ3) is 2.96. The minimum atomic E-state index is 0.181. The van der Waals surface area contributed by atoms with Crippen molar-refractivity contribution in [3.63, 3.8) is 0 Å². The Hall–Kier alpha value is -2.63. The minimum absolute atomic E-state index is 0.181. The molecule has 6 rings (SSSR count). The molecule has 1 unspecified atom stereocenters. The number of quaternary nitrogens is 1. The molecule has 3 aromatic heterocycles. The minimum Gasteiger partial charge on any atom is -0.455 e. The van der Waals surface area contributed by atoms with E-state index in [4.69, 9.17) is 4.42 Å². The number of hydrogen-bond acceptors (Lipinski definition) is 3. The number of pyridine rings is 1. The number of thiophene rings is 1. The fourth-order valence-electron chi connectivity index (χ4n) is 5.30. The maximum Gasteiger partial charge on any atom is 0.259 e. The Labute approximate surface area is 173 Å². The summed E-state index contributed by atoms with van der Waals surface area (Å²) in [6.45, 7) is 3.92. The molecule has 5 heteroatoms. The molecule has 0 amide bonds. The molecule has 29 heavy (non-hydrogen) atoms. The van der Waals surface area contributed by atoms with Crippen LogP contribution < -0.4 is 10.5 Å². The van der Waals surface area contributed by atoms with Gasteiger partial charge in [0.2, 0.25) is 0 Å². The lowest BCUT2D eigenvalue weighted by molar-refractivity contribution is -0.925. The van der Waals surface area contributed by atoms with E-state index in [2.05, 4.69) is 28.8 Å². The molecule has 146 valence electrons. The SMILES string of the molecule is O=c1c(-c2cccs2)ccc2n1C[C@H]1C[C@@H]2C[NH+](Cc2cc3ccccc3o2)C1. The number of hydrogen-bond donors (Lipinski definition) is 1. The molecule has 1 N–H and O–H groups in total. The van der Waals surface area contributed by atoms with Crippen molar-refractivity contribution >= 4 is 22.3 Å². The van der Waals surface area contributed by atoms with Crippen LogP contribution in [0.5, 0.6) is 0 Å². The highest BCUT2D eigenvalue weighted by atomic mass is 32.1. The third-order valence-electron chi connectivity index (χ3n) is 6.48. The van der Waals surface area contributed by atoms with Gasteiger partial charge in [-0.3, -0.25) is 4.79 Å². The lowest BCUT2D eigenvalue weighted by atomic mass is 9.83. The van der Waals surface area contributed by atoms with Gasteiger partial charge in [0.05, 0.1) is 18.7 Å². The van der Waals surface area contributed by atoms with Crippen LogP contribution in [0.1, 0.15) is 23.8 Å². The summed E-state index contributed by atoms with van der Waals surface area (Å²) in [4.78, 5) is 15.8. The highest BCUT2D eigenvalue weighted by molar-refractivity contribution is 7.13. The highest BCUT2D eigenvalue weighted by Gasteiger charge is 2.37. The Morgan fingerprint density at radius 3 is 2.90 bits per heavy atom. The molecule has 1 aromatic carbocycles. The van der Waals surface area contributed by atoms with E-state index in [0.717, 1.165) is 48.0 Å². The Kier molecular flexibility index (Phi) is 3.99. The zero-order valence-electron chi connectivity index (χ0n) is 16.1. The predicted octanol–water partition coefficient (Wildman–Crippen LogP) is 3.53. The fourth-order valence-corrected chi connectivity index (χ4v) is 6.05. The van der Waals surface area contributed by atoms with Crippen LogP contribution in [-0.2, 0) is 13.1 Å². The van der Waals surface area contributed by atoms with Gasteiger partial charge in [-0.15, -0.1) is 11.3 Å². The van der Waals surface area contributed by atoms with Crippen LogP contribution in [-0.4, -0.2) is 17.7 Å². The van der Waals surface area contributed by atoms with E-state index in [-0.39, 0.29) is 5.56 Å². The standard InChI is InChI=1S/C24H22N2O2S/c27-24-20(23-6-3-9-29-23)7-8-21-18-10-16(13-26(21)24)12-25(14-18)15-19-11-17-4-1-2-5-22(17)28-19/h1-9,11,16,18H,10,12-15H2/p+1/t16-,18+/m0/s1. The second-order valence-electron chi connectivity index (χ2n) is 8.45. The normalized spacial score (nSPS) is 23.2. The fraction of sp³-hybridized carbons (Fsp3) is 0.292. The van der Waals surface area contributed by atoms with Crippen molar-refractivity contribution in [3.8, 4) is 10.4 Å². The van der Waals surface area contributed by atoms with E-state index < -0.39 is 0 Å². The van der Waals surface area contributed by atoms with Gasteiger partial charge in [0.1, 0.15) is 12.1 Å². The molecule has 0 aliphatic carbocycles. The van der Waals surface area contributed by atoms with Crippen LogP contribution in [0.2, 0.25) is 0 Å². The van der Waals surface area contributed by atoms with Gasteiger partial charge in [0.25, 0.3) is 5.56 Å². The second-order valence-corrected chi connectivity index (χ2v) is 9.40. The molecule has 4 nitrogen and oxygen atoms in total. The number of fused-ring (bicyclic) bond motifs is 5. The molecule has 0 spiro atoms. The van der Waals surface area contributed by atoms with E-state index in [0.29, 0.717) is 11.8 Å². The van der Waals surface area contributed by atoms with E-state index in [9.17, 15) is 4.79 Å². The topological polar surface area (TPSA) is 39.6 Å². The van der Waals surface area contributed by atoms with Gasteiger partial charge in [-0.25, -0.2) is 0 Å². The molecular formula is C24H23N2O2S+. The summed E-state index contributed by atoms with van der Waals surface area (Å²) in [7, 11) is 0. The maximum atomic E-state index is 13.2. The number of aromatic nitrogens is 1. The lowest BCUT2D eigenvalue weighted by Crippen LogP contribution is -3.13. The lowest BCUT2D eigenvalue weighted by Gasteiger charge is -2.40. The molecule has 3 atom stereocenters. The van der Waals surface area contributed by atoms with Crippen LogP contribution in [0.4, 0.5) is 0 Å². The largest absolute Gasteiger partial charge is 0.455 e. The van der Waals surface area contributed by atoms with Crippen molar-refractivity contribution in [2.45, 2.75) is 25.4 Å². The van der Waals surface area contributed by atoms with Crippen molar-refractivity contribution < 1.29 is 9.32 Å². The first-order valence-electron chi connectivity index (χ1n) is 10.3. The summed E-state index contributed by atoms with van der Waals surface area (Å²) in [5, 5.41) is 3.21. The Morgan fingerprint density at radius 1 is 1.10 bits per heavy atom. The first-order valence-corrected chi connectivity index (χ1v) is 11.2. The van der Waals surface area contributed by atoms with Gasteiger partial charge in [0.15, 0.2) is 5.76 Å². The molecule has 0 radical (unpaired) electrons. The first kappa shape index (κ1) is 17.2. The number of piperidine rings is 1. The Morgan fingerprint density at radius 2 is 2.03 bits per heavy atom. The third-order valence-corrected chi connectivity index (χ3v) is 7.39. The monoisotopic (exact) mass is 403 g/mol. The van der Waals surface area contributed by atoms with E-state index in [1.165, 1.54) is 17.5 Å². The summed E-state index contributed by atoms with van der Waals surface area (Å²) in [5.41, 5.74) is 3.21. The zero-order chi connectivity index (χ0) is 19.4. The number of furan rings is 1. The summed E-state index contributed by atoms with van der Waals surface area (Å²) in [5.74, 6) is 2.07. The van der Waals surface area contributed by atoms with E-state index >= 15 is 0 Å². The summed E-state index contributed by atoms with van der Waals surface area (Å²) >= 11 is 1.64. The molecule has 2 aliphatic rings. The molecule has 1 fully saturated rings. The van der Waals surface area contributed by atoms with Gasteiger partial charge >= 0.3 is 0 Å². The van der Waals surface area contributed by atoms with E-state index in [1.54, 1.807) is 16.2 Å². The van der Waals surface area contributed by atoms with Gasteiger partial charge < -0.3 is 13.9 Å². The number of likely N-dealkylation sites (tertiary alicyclic amines) is 1. The van der Waals surface area contributed by atoms with Crippen molar-refractivity contribution in [3.05, 3.63) is 81.8 Å². The molecule has 2 bridgehead atoms. The molecule has 2 aliphatic heterocycles. The van der Waals surface area contributed by atoms with Gasteiger partial charge in [-0.1, -0.05) is 24.3 Å². The van der Waals surface area contributed by atoms with Gasteiger partial charge in [-0.05, 0) is 42.1 Å². The maximum absolute atomic E-state index is 13.2. The summed E-state index contributed by atoms with van der Waals surface area (Å²) in [6, 6.07) is 18.7. The quantitative estimate of drug-likeness (QED) is 0.569. The van der Waals surface area contributed by atoms with Crippen LogP contribution in [0, 0.1) is 5.92 Å². The number of para-hydroxylation sites is 1. The van der Waals surface area contributed by atoms with Crippen LogP contribution in [0.3, 0.4) is 0 Å². The zero-order valence-corrected chi connectivity index (χ0v) is 17.0. The first-order chi connectivity index (χ1) is 14.2. The molecule has 0 saturated carbocycles. The molecule has 1 saturated heterocycles. The van der Waals surface area contributed by atoms with Crippen molar-refractivity contribution in [2.75, 3.05) is 13.1 Å². The highest BCUT2D eigenvalue weighted by Crippen LogP contribution is 2.32. The van der Waals surface area contributed by atoms with E-state index in [1.807, 2.05) is 35.7 Å². The van der Waals surface area contributed by atoms with Gasteiger partial charge in [0, 0.05) is 34.3 Å². The van der Waals surface area contributed by atoms with Gasteiger partial charge in [-0.2, -0.15) is 0 Å². The molecule has 4 aromatic rings. The number of rotatable bonds is 3. The van der Waals surface area contributed by atoms with Crippen molar-refractivity contribution in [1.29, 1.82) is 0 Å². The number of benzene rings is 1.